The molecule has 0 saturated carbocycles. The van der Waals surface area contributed by atoms with Crippen molar-refractivity contribution in [3.63, 3.8) is 0 Å². The van der Waals surface area contributed by atoms with E-state index in [0.717, 1.165) is 22.2 Å². The largest absolute Gasteiger partial charge is 0.380 e. The van der Waals surface area contributed by atoms with Crippen LogP contribution in [0.25, 0.3) is 10.9 Å². The quantitative estimate of drug-likeness (QED) is 0.674. The first-order valence-electron chi connectivity index (χ1n) is 9.05. The zero-order valence-corrected chi connectivity index (χ0v) is 16.6. The van der Waals surface area contributed by atoms with Gasteiger partial charge in [0.1, 0.15) is 0 Å². The van der Waals surface area contributed by atoms with Crippen LogP contribution in [0.3, 0.4) is 0 Å². The van der Waals surface area contributed by atoms with E-state index in [2.05, 4.69) is 10.3 Å². The van der Waals surface area contributed by atoms with Gasteiger partial charge in [-0.05, 0) is 35.9 Å². The summed E-state index contributed by atoms with van der Waals surface area (Å²) in [6, 6.07) is 13.1. The lowest BCUT2D eigenvalue weighted by atomic mass is 10.1. The number of aromatic nitrogens is 1. The Bertz CT molecular complexity index is 1000. The van der Waals surface area contributed by atoms with E-state index in [9.17, 15) is 4.79 Å². The first kappa shape index (κ1) is 19.0. The fraction of sp³-hybridized carbons (Fsp3) is 0.238. The summed E-state index contributed by atoms with van der Waals surface area (Å²) >= 11 is 12.2. The van der Waals surface area contributed by atoms with E-state index < -0.39 is 0 Å². The summed E-state index contributed by atoms with van der Waals surface area (Å²) in [5.74, 6) is -0.0590. The molecule has 1 aliphatic rings. The van der Waals surface area contributed by atoms with E-state index in [-0.39, 0.29) is 5.91 Å². The Morgan fingerprint density at radius 1 is 1.07 bits per heavy atom. The number of halogens is 2. The number of carbonyl (C=O) groups is 1. The van der Waals surface area contributed by atoms with E-state index in [1.807, 2.05) is 36.4 Å². The molecule has 0 spiro atoms. The summed E-state index contributed by atoms with van der Waals surface area (Å²) in [6.07, 6.45) is 1.64. The summed E-state index contributed by atoms with van der Waals surface area (Å²) < 4.78 is 5.36. The molecule has 2 heterocycles. The zero-order valence-electron chi connectivity index (χ0n) is 15.1. The molecule has 1 saturated heterocycles. The number of nitrogens with one attached hydrogen (secondary N) is 1. The van der Waals surface area contributed by atoms with Gasteiger partial charge in [0.25, 0.3) is 5.91 Å². The number of hydrogen-bond donors (Lipinski definition) is 1. The van der Waals surface area contributed by atoms with Crippen molar-refractivity contribution in [3.8, 4) is 0 Å². The highest BCUT2D eigenvalue weighted by Crippen LogP contribution is 2.30. The molecular weight excluding hydrogens is 397 g/mol. The van der Waals surface area contributed by atoms with Crippen LogP contribution in [0, 0.1) is 0 Å². The number of morpholine rings is 1. The predicted octanol–water partition coefficient (Wildman–Crippen LogP) is 4.63. The molecule has 5 nitrogen and oxygen atoms in total. The molecule has 1 aliphatic heterocycles. The van der Waals surface area contributed by atoms with Gasteiger partial charge in [0.05, 0.1) is 30.0 Å². The molecule has 1 N–H and O–H groups in total. The SMILES string of the molecule is O=C(c1cnc2ccc(Cl)cc2c1NCc1ccc(Cl)cc1)N1CCOCC1. The summed E-state index contributed by atoms with van der Waals surface area (Å²) in [7, 11) is 0. The molecule has 3 aromatic rings. The molecule has 1 amide bonds. The van der Waals surface area contributed by atoms with Crippen LogP contribution in [0.2, 0.25) is 10.0 Å². The fourth-order valence-corrected chi connectivity index (χ4v) is 3.54. The van der Waals surface area contributed by atoms with Crippen LogP contribution in [0.15, 0.2) is 48.7 Å². The van der Waals surface area contributed by atoms with Crippen molar-refractivity contribution >= 4 is 45.7 Å². The topological polar surface area (TPSA) is 54.5 Å². The van der Waals surface area contributed by atoms with Crippen LogP contribution in [0.5, 0.6) is 0 Å². The number of hydrogen-bond acceptors (Lipinski definition) is 4. The molecule has 0 aliphatic carbocycles. The summed E-state index contributed by atoms with van der Waals surface area (Å²) in [5.41, 5.74) is 3.10. The highest BCUT2D eigenvalue weighted by atomic mass is 35.5. The van der Waals surface area contributed by atoms with Crippen molar-refractivity contribution in [2.24, 2.45) is 0 Å². The maximum atomic E-state index is 13.1. The minimum Gasteiger partial charge on any atom is -0.380 e. The van der Waals surface area contributed by atoms with E-state index in [0.29, 0.717) is 48.5 Å². The maximum absolute atomic E-state index is 13.1. The summed E-state index contributed by atoms with van der Waals surface area (Å²) in [6.45, 7) is 2.79. The lowest BCUT2D eigenvalue weighted by molar-refractivity contribution is 0.0303. The second-order valence-electron chi connectivity index (χ2n) is 6.59. The molecule has 0 bridgehead atoms. The average molecular weight is 416 g/mol. The molecule has 1 aromatic heterocycles. The second kappa shape index (κ2) is 8.35. The Morgan fingerprint density at radius 2 is 1.79 bits per heavy atom. The van der Waals surface area contributed by atoms with Crippen LogP contribution in [-0.4, -0.2) is 42.1 Å². The zero-order chi connectivity index (χ0) is 19.5. The Hall–Kier alpha value is -2.34. The molecular formula is C21H19Cl2N3O2. The number of anilines is 1. The third kappa shape index (κ3) is 4.07. The number of benzene rings is 2. The van der Waals surface area contributed by atoms with Gasteiger partial charge in [0.15, 0.2) is 0 Å². The molecule has 0 radical (unpaired) electrons. The number of ether oxygens (including phenoxy) is 1. The molecule has 7 heteroatoms. The highest BCUT2D eigenvalue weighted by Gasteiger charge is 2.23. The number of carbonyl (C=O) groups excluding carboxylic acids is 1. The van der Waals surface area contributed by atoms with Gasteiger partial charge < -0.3 is 15.0 Å². The van der Waals surface area contributed by atoms with E-state index in [1.54, 1.807) is 17.2 Å². The monoisotopic (exact) mass is 415 g/mol. The molecule has 0 unspecified atom stereocenters. The van der Waals surface area contributed by atoms with Crippen molar-refractivity contribution in [2.45, 2.75) is 6.54 Å². The molecule has 28 heavy (non-hydrogen) atoms. The Morgan fingerprint density at radius 3 is 2.54 bits per heavy atom. The standard InChI is InChI=1S/C21H19Cl2N3O2/c22-15-3-1-14(2-4-15)12-25-20-17-11-16(23)5-6-19(17)24-13-18(20)21(27)26-7-9-28-10-8-26/h1-6,11,13H,7-10,12H2,(H,24,25). The van der Waals surface area contributed by atoms with Crippen molar-refractivity contribution in [2.75, 3.05) is 31.6 Å². The number of amides is 1. The van der Waals surface area contributed by atoms with Gasteiger partial charge in [-0.3, -0.25) is 9.78 Å². The van der Waals surface area contributed by atoms with Crippen molar-refractivity contribution in [1.82, 2.24) is 9.88 Å². The van der Waals surface area contributed by atoms with E-state index in [1.165, 1.54) is 0 Å². The molecule has 2 aromatic carbocycles. The number of fused-ring (bicyclic) bond motifs is 1. The molecule has 0 atom stereocenters. The van der Waals surface area contributed by atoms with Crippen LogP contribution >= 0.6 is 23.2 Å². The van der Waals surface area contributed by atoms with Gasteiger partial charge in [0, 0.05) is 41.3 Å². The van der Waals surface area contributed by atoms with E-state index >= 15 is 0 Å². The smallest absolute Gasteiger partial charge is 0.257 e. The first-order valence-corrected chi connectivity index (χ1v) is 9.81. The average Bonchev–Trinajstić information content (AvgIpc) is 2.73. The van der Waals surface area contributed by atoms with Gasteiger partial charge in [-0.2, -0.15) is 0 Å². The van der Waals surface area contributed by atoms with Crippen molar-refractivity contribution in [1.29, 1.82) is 0 Å². The van der Waals surface area contributed by atoms with Gasteiger partial charge in [-0.1, -0.05) is 35.3 Å². The number of pyridine rings is 1. The van der Waals surface area contributed by atoms with Gasteiger partial charge in [-0.15, -0.1) is 0 Å². The first-order chi connectivity index (χ1) is 13.6. The third-order valence-electron chi connectivity index (χ3n) is 4.74. The normalized spacial score (nSPS) is 14.3. The number of rotatable bonds is 4. The van der Waals surface area contributed by atoms with Crippen LogP contribution in [-0.2, 0) is 11.3 Å². The highest BCUT2D eigenvalue weighted by molar-refractivity contribution is 6.31. The Balaban J connectivity index is 1.72. The lowest BCUT2D eigenvalue weighted by Crippen LogP contribution is -2.41. The second-order valence-corrected chi connectivity index (χ2v) is 7.47. The predicted molar refractivity (Wildman–Crippen MR) is 112 cm³/mol. The third-order valence-corrected chi connectivity index (χ3v) is 5.23. The summed E-state index contributed by atoms with van der Waals surface area (Å²) in [5, 5.41) is 5.52. The van der Waals surface area contributed by atoms with Crippen molar-refractivity contribution < 1.29 is 9.53 Å². The van der Waals surface area contributed by atoms with Gasteiger partial charge in [-0.25, -0.2) is 0 Å². The molecule has 4 rings (SSSR count). The molecule has 144 valence electrons. The molecule has 1 fully saturated rings. The van der Waals surface area contributed by atoms with Gasteiger partial charge >= 0.3 is 0 Å². The minimum atomic E-state index is -0.0590. The minimum absolute atomic E-state index is 0.0590. The van der Waals surface area contributed by atoms with E-state index in [4.69, 9.17) is 27.9 Å². The van der Waals surface area contributed by atoms with Gasteiger partial charge in [0.2, 0.25) is 0 Å². The van der Waals surface area contributed by atoms with Crippen LogP contribution < -0.4 is 5.32 Å². The van der Waals surface area contributed by atoms with Crippen molar-refractivity contribution in [3.05, 3.63) is 69.8 Å². The van der Waals surface area contributed by atoms with Crippen LogP contribution in [0.4, 0.5) is 5.69 Å². The number of nitrogens with zero attached hydrogens (tertiary/aromatic N) is 2. The van der Waals surface area contributed by atoms with Crippen LogP contribution in [0.1, 0.15) is 15.9 Å². The maximum Gasteiger partial charge on any atom is 0.257 e. The fourth-order valence-electron chi connectivity index (χ4n) is 3.25. The Labute approximate surface area is 173 Å². The summed E-state index contributed by atoms with van der Waals surface area (Å²) in [4.78, 5) is 19.4. The Kier molecular flexibility index (Phi) is 5.67. The lowest BCUT2D eigenvalue weighted by Gasteiger charge is -2.28.